The predicted molar refractivity (Wildman–Crippen MR) is 115 cm³/mol. The van der Waals surface area contributed by atoms with Crippen LogP contribution in [0.4, 0.5) is 10.5 Å². The highest BCUT2D eigenvalue weighted by Crippen LogP contribution is 2.39. The zero-order chi connectivity index (χ0) is 22.0. The number of amides is 2. The third-order valence-electron chi connectivity index (χ3n) is 6.11. The molecular weight excluding hydrogens is 418 g/mol. The van der Waals surface area contributed by atoms with Gasteiger partial charge in [-0.2, -0.15) is 5.10 Å². The molecular formula is C21H25N5O4S. The van der Waals surface area contributed by atoms with Crippen molar-refractivity contribution in [2.45, 2.75) is 57.4 Å². The first-order valence-corrected chi connectivity index (χ1v) is 12.0. The van der Waals surface area contributed by atoms with E-state index in [1.165, 1.54) is 6.20 Å². The number of hydrogen-bond acceptors (Lipinski definition) is 5. The van der Waals surface area contributed by atoms with Gasteiger partial charge in [0.25, 0.3) is 0 Å². The normalized spacial score (nSPS) is 20.3. The summed E-state index contributed by atoms with van der Waals surface area (Å²) in [6, 6.07) is 1.16. The van der Waals surface area contributed by atoms with Gasteiger partial charge in [0.2, 0.25) is 5.88 Å². The molecule has 1 atom stereocenters. The number of ether oxygens (including phenoxy) is 1. The number of ketones is 1. The van der Waals surface area contributed by atoms with Crippen LogP contribution >= 0.6 is 0 Å². The minimum absolute atomic E-state index is 0.0892. The molecule has 3 aliphatic rings. The Morgan fingerprint density at radius 1 is 1.29 bits per heavy atom. The Hall–Kier alpha value is -2.72. The Morgan fingerprint density at radius 3 is 2.90 bits per heavy atom. The molecule has 2 aromatic rings. The van der Waals surface area contributed by atoms with Crippen LogP contribution < -0.4 is 15.2 Å². The summed E-state index contributed by atoms with van der Waals surface area (Å²) in [4.78, 5) is 25.1. The highest BCUT2D eigenvalue weighted by molar-refractivity contribution is 7.91. The van der Waals surface area contributed by atoms with E-state index in [0.29, 0.717) is 37.2 Å². The molecule has 0 saturated heterocycles. The third-order valence-corrected chi connectivity index (χ3v) is 7.46. The fourth-order valence-corrected chi connectivity index (χ4v) is 5.66. The van der Waals surface area contributed by atoms with Gasteiger partial charge >= 0.3 is 6.03 Å². The molecule has 0 spiro atoms. The Kier molecular flexibility index (Phi) is 4.49. The van der Waals surface area contributed by atoms with E-state index in [1.54, 1.807) is 4.68 Å². The second-order valence-electron chi connectivity index (χ2n) is 9.21. The number of rotatable bonds is 2. The molecule has 3 N–H and O–H groups in total. The van der Waals surface area contributed by atoms with Crippen molar-refractivity contribution in [2.75, 3.05) is 11.9 Å². The summed E-state index contributed by atoms with van der Waals surface area (Å²) in [5.41, 5.74) is 4.15. The first kappa shape index (κ1) is 20.2. The standard InChI is InChI=1S/C21H25N5O4S/c1-21(2)10-26-19(30-11-21)17(9-23-26)31(22,29)25-20(28)24-18-13-5-3-4-12(13)8-15-14(18)6-7-16(15)27/h8-9H,3-7,10-11H2,1-2H3,(H3,22,24,25,28,29). The van der Waals surface area contributed by atoms with Gasteiger partial charge in [-0.1, -0.05) is 13.8 Å². The van der Waals surface area contributed by atoms with Crippen LogP contribution in [-0.2, 0) is 35.7 Å². The smallest absolute Gasteiger partial charge is 0.354 e. The molecule has 9 nitrogen and oxygen atoms in total. The molecule has 0 saturated carbocycles. The SMILES string of the molecule is CC1(C)COc2c(S(N)(=O)=NC(=O)Nc3c4c(cc5c3CCC5=O)CCC4)cnn2C1. The third kappa shape index (κ3) is 3.43. The van der Waals surface area contributed by atoms with Crippen LogP contribution in [0.5, 0.6) is 5.88 Å². The summed E-state index contributed by atoms with van der Waals surface area (Å²) >= 11 is 0. The first-order valence-electron chi connectivity index (χ1n) is 10.4. The molecule has 2 aliphatic carbocycles. The molecule has 0 bridgehead atoms. The summed E-state index contributed by atoms with van der Waals surface area (Å²) in [5, 5.41) is 13.0. The monoisotopic (exact) mass is 443 g/mol. The van der Waals surface area contributed by atoms with E-state index in [1.807, 2.05) is 19.9 Å². The van der Waals surface area contributed by atoms with Gasteiger partial charge in [0.15, 0.2) is 15.7 Å². The Bertz CT molecular complexity index is 1250. The maximum absolute atomic E-state index is 13.2. The molecule has 10 heteroatoms. The number of aromatic nitrogens is 2. The Labute approximate surface area is 180 Å². The molecule has 1 unspecified atom stereocenters. The number of Topliss-reactive ketones (excluding diaryl/α,β-unsaturated/α-hetero) is 1. The Morgan fingerprint density at radius 2 is 2.10 bits per heavy atom. The van der Waals surface area contributed by atoms with Gasteiger partial charge in [0, 0.05) is 23.1 Å². The average Bonchev–Trinajstić information content (AvgIpc) is 3.39. The largest absolute Gasteiger partial charge is 0.476 e. The number of carbonyl (C=O) groups is 2. The van der Waals surface area contributed by atoms with Gasteiger partial charge in [-0.3, -0.25) is 4.79 Å². The second kappa shape index (κ2) is 6.89. The fourth-order valence-electron chi connectivity index (χ4n) is 4.66. The lowest BCUT2D eigenvalue weighted by Crippen LogP contribution is -2.33. The van der Waals surface area contributed by atoms with Gasteiger partial charge in [-0.05, 0) is 48.4 Å². The lowest BCUT2D eigenvalue weighted by molar-refractivity contribution is 0.0972. The number of benzene rings is 1. The van der Waals surface area contributed by atoms with E-state index in [-0.39, 0.29) is 22.0 Å². The number of fused-ring (bicyclic) bond motifs is 3. The number of hydrogen-bond donors (Lipinski definition) is 2. The summed E-state index contributed by atoms with van der Waals surface area (Å²) in [7, 11) is -3.57. The average molecular weight is 444 g/mol. The molecule has 0 radical (unpaired) electrons. The van der Waals surface area contributed by atoms with Crippen LogP contribution in [0.3, 0.4) is 0 Å². The lowest BCUT2D eigenvalue weighted by Gasteiger charge is -2.30. The van der Waals surface area contributed by atoms with Crippen LogP contribution in [0.25, 0.3) is 0 Å². The zero-order valence-corrected chi connectivity index (χ0v) is 18.4. The quantitative estimate of drug-likeness (QED) is 0.737. The minimum Gasteiger partial charge on any atom is -0.476 e. The van der Waals surface area contributed by atoms with Crippen LogP contribution in [0, 0.1) is 5.41 Å². The molecule has 5 rings (SSSR count). The fraction of sp³-hybridized carbons (Fsp3) is 0.476. The van der Waals surface area contributed by atoms with E-state index < -0.39 is 15.9 Å². The lowest BCUT2D eigenvalue weighted by atomic mass is 9.94. The number of aryl methyl sites for hydroxylation is 1. The maximum atomic E-state index is 13.2. The number of anilines is 1. The highest BCUT2D eigenvalue weighted by atomic mass is 32.2. The van der Waals surface area contributed by atoms with Crippen LogP contribution in [0.15, 0.2) is 21.5 Å². The van der Waals surface area contributed by atoms with Crippen molar-refractivity contribution >= 4 is 27.4 Å². The predicted octanol–water partition coefficient (Wildman–Crippen LogP) is 2.85. The van der Waals surface area contributed by atoms with Gasteiger partial charge in [0.1, 0.15) is 4.90 Å². The van der Waals surface area contributed by atoms with Crippen LogP contribution in [0.1, 0.15) is 53.7 Å². The van der Waals surface area contributed by atoms with E-state index in [9.17, 15) is 13.8 Å². The number of nitrogens with zero attached hydrogens (tertiary/aromatic N) is 3. The number of nitrogens with two attached hydrogens (primary N) is 1. The molecule has 31 heavy (non-hydrogen) atoms. The van der Waals surface area contributed by atoms with Crippen LogP contribution in [-0.4, -0.2) is 32.4 Å². The summed E-state index contributed by atoms with van der Waals surface area (Å²) in [5.74, 6) is 0.377. The highest BCUT2D eigenvalue weighted by Gasteiger charge is 2.33. The van der Waals surface area contributed by atoms with Crippen molar-refractivity contribution in [2.24, 2.45) is 14.9 Å². The maximum Gasteiger partial charge on any atom is 0.354 e. The Balaban J connectivity index is 1.48. The van der Waals surface area contributed by atoms with Crippen molar-refractivity contribution in [3.05, 3.63) is 34.5 Å². The van der Waals surface area contributed by atoms with Gasteiger partial charge in [0.05, 0.1) is 19.3 Å². The first-order chi connectivity index (χ1) is 14.6. The molecule has 164 valence electrons. The summed E-state index contributed by atoms with van der Waals surface area (Å²) < 4.78 is 24.3. The van der Waals surface area contributed by atoms with Crippen molar-refractivity contribution in [3.8, 4) is 5.88 Å². The van der Waals surface area contributed by atoms with E-state index in [2.05, 4.69) is 14.8 Å². The van der Waals surface area contributed by atoms with Gasteiger partial charge in [-0.15, -0.1) is 4.36 Å². The molecule has 1 aromatic carbocycles. The summed E-state index contributed by atoms with van der Waals surface area (Å²) in [6.07, 6.45) is 5.03. The van der Waals surface area contributed by atoms with E-state index in [0.717, 1.165) is 36.0 Å². The second-order valence-corrected chi connectivity index (χ2v) is 11.0. The van der Waals surface area contributed by atoms with Gasteiger partial charge < -0.3 is 10.1 Å². The van der Waals surface area contributed by atoms with Crippen molar-refractivity contribution in [1.82, 2.24) is 9.78 Å². The molecule has 2 heterocycles. The van der Waals surface area contributed by atoms with Crippen molar-refractivity contribution in [3.63, 3.8) is 0 Å². The van der Waals surface area contributed by atoms with Crippen LogP contribution in [0.2, 0.25) is 0 Å². The number of nitrogens with one attached hydrogen (secondary N) is 1. The minimum atomic E-state index is -3.57. The molecule has 1 aliphatic heterocycles. The molecule has 2 amide bonds. The topological polar surface area (TPSA) is 129 Å². The molecule has 1 aromatic heterocycles. The molecule has 0 fully saturated rings. The number of urea groups is 1. The van der Waals surface area contributed by atoms with Crippen molar-refractivity contribution < 1.29 is 18.5 Å². The van der Waals surface area contributed by atoms with Crippen molar-refractivity contribution in [1.29, 1.82) is 0 Å². The summed E-state index contributed by atoms with van der Waals surface area (Å²) in [6.45, 7) is 5.08. The number of carbonyl (C=O) groups excluding carboxylic acids is 2. The van der Waals surface area contributed by atoms with E-state index >= 15 is 0 Å². The zero-order valence-electron chi connectivity index (χ0n) is 17.6. The van der Waals surface area contributed by atoms with E-state index in [4.69, 9.17) is 9.88 Å². The van der Waals surface area contributed by atoms with Gasteiger partial charge in [-0.25, -0.2) is 18.8 Å².